The van der Waals surface area contributed by atoms with E-state index in [1.165, 1.54) is 56.9 Å². The summed E-state index contributed by atoms with van der Waals surface area (Å²) in [7, 11) is 9.91. The minimum absolute atomic E-state index is 0.0201. The molecule has 5 rings (SSSR count). The van der Waals surface area contributed by atoms with E-state index in [9.17, 15) is 38.4 Å². The van der Waals surface area contributed by atoms with Gasteiger partial charge in [-0.15, -0.1) is 0 Å². The first-order valence-corrected chi connectivity index (χ1v) is 21.4. The van der Waals surface area contributed by atoms with Crippen LogP contribution in [0.2, 0.25) is 0 Å². The van der Waals surface area contributed by atoms with E-state index in [2.05, 4.69) is 9.97 Å². The fraction of sp³-hybridized carbons (Fsp3) is 0.417. The Morgan fingerprint density at radius 2 is 0.618 bits per heavy atom. The average Bonchev–Trinajstić information content (AvgIpc) is 4.04. The van der Waals surface area contributed by atoms with Gasteiger partial charge in [-0.05, 0) is 94.5 Å². The number of fused-ring (bicyclic) bond motifs is 8. The Morgan fingerprint density at radius 3 is 0.971 bits per heavy atom. The summed E-state index contributed by atoms with van der Waals surface area (Å²) in [6, 6.07) is 6.57. The minimum Gasteiger partial charge on any atom is -0.469 e. The summed E-state index contributed by atoms with van der Waals surface area (Å²) in [5.74, 6) is -4.68. The van der Waals surface area contributed by atoms with E-state index in [0.29, 0.717) is 66.6 Å². The molecule has 0 aromatic carbocycles. The zero-order chi connectivity index (χ0) is 49.7. The first kappa shape index (κ1) is 51.3. The molecule has 3 aromatic rings. The predicted octanol–water partition coefficient (Wildman–Crippen LogP) is 4.81. The number of carbonyl (C=O) groups is 8. The molecule has 3 aromatic heterocycles. The molecule has 0 amide bonds. The number of nitrogens with zero attached hydrogens (tertiary/aromatic N) is 2. The number of rotatable bonds is 20. The van der Waals surface area contributed by atoms with Crippen LogP contribution in [-0.4, -0.2) is 125 Å². The highest BCUT2D eigenvalue weighted by Gasteiger charge is 2.29. The first-order valence-electron chi connectivity index (χ1n) is 21.4. The summed E-state index contributed by atoms with van der Waals surface area (Å²) in [6.07, 6.45) is -1.52. The molecule has 0 fully saturated rings. The highest BCUT2D eigenvalue weighted by Crippen LogP contribution is 2.41. The summed E-state index contributed by atoms with van der Waals surface area (Å²) in [5, 5.41) is 0. The van der Waals surface area contributed by atoms with Crippen LogP contribution in [0.5, 0.6) is 0 Å². The van der Waals surface area contributed by atoms with Gasteiger partial charge in [0.05, 0.1) is 105 Å². The van der Waals surface area contributed by atoms with Crippen molar-refractivity contribution in [3.8, 4) is 0 Å². The van der Waals surface area contributed by atoms with Crippen LogP contribution in [0.15, 0.2) is 24.3 Å². The van der Waals surface area contributed by atoms with Crippen molar-refractivity contribution >= 4 is 92.1 Å². The molecule has 362 valence electrons. The van der Waals surface area contributed by atoms with E-state index >= 15 is 0 Å². The third-order valence-corrected chi connectivity index (χ3v) is 11.6. The fourth-order valence-corrected chi connectivity index (χ4v) is 8.02. The fourth-order valence-electron chi connectivity index (χ4n) is 8.02. The smallest absolute Gasteiger partial charge is 0.310 e. The number of hydrogen-bond donors (Lipinski definition) is 2. The van der Waals surface area contributed by atoms with Gasteiger partial charge in [0.1, 0.15) is 0 Å². The number of aryl methyl sites for hydroxylation is 2. The van der Waals surface area contributed by atoms with Crippen molar-refractivity contribution in [1.29, 1.82) is 0 Å². The van der Waals surface area contributed by atoms with Gasteiger partial charge in [0.15, 0.2) is 0 Å². The van der Waals surface area contributed by atoms with Crippen molar-refractivity contribution < 1.29 is 76.3 Å². The van der Waals surface area contributed by atoms with Crippen molar-refractivity contribution in [1.82, 2.24) is 19.9 Å². The van der Waals surface area contributed by atoms with Crippen LogP contribution in [0.25, 0.3) is 44.4 Å². The minimum atomic E-state index is -0.637. The van der Waals surface area contributed by atoms with Gasteiger partial charge in [0, 0.05) is 47.8 Å². The number of aromatic nitrogens is 4. The molecule has 0 unspecified atom stereocenters. The first-order chi connectivity index (χ1) is 32.6. The largest absolute Gasteiger partial charge is 0.469 e. The molecule has 0 aliphatic carbocycles. The number of aromatic amines is 2. The molecular weight excluding hydrogens is 920 g/mol. The van der Waals surface area contributed by atoms with Crippen molar-refractivity contribution in [3.63, 3.8) is 0 Å². The summed E-state index contributed by atoms with van der Waals surface area (Å²) < 4.78 is 40.4. The SMILES string of the molecule is COC(=O)[13CH2][13CH2][13C]1=[13C]([13CH2]C(=O)OC)[13c]2[13cH][13c]3n[13c]([13cH][13c]4[nH][13c]([13cH][13c]5[nH][13c]([13cH][13c]1n2)[13c]([13CH2]C(=O)OC)[13c]5[13CH2][13CH2]C(=O)OC)[13c]([13CH2][13CH2]C(=O)OC)[13c]4[13CH2]C(=O)OC)[13C]([13CH2]C(=O)OC)=[13C]3[13CH2][13CH2]C(=O)OC. The molecule has 0 radical (unpaired) electrons. The quantitative estimate of drug-likeness (QED) is 0.0873. The Kier molecular flexibility index (Phi) is 17.9. The summed E-state index contributed by atoms with van der Waals surface area (Å²) in [5.41, 5.74) is 5.90. The predicted molar refractivity (Wildman–Crippen MR) is 243 cm³/mol. The number of ether oxygens (including phenoxy) is 8. The molecule has 20 heteroatoms. The molecule has 2 aliphatic heterocycles. The van der Waals surface area contributed by atoms with Crippen LogP contribution >= 0.6 is 0 Å². The Bertz CT molecular complexity index is 2740. The number of H-pyrrole nitrogens is 2. The molecule has 0 atom stereocenters. The molecular formula is C48H54N4O16. The van der Waals surface area contributed by atoms with Gasteiger partial charge in [0.25, 0.3) is 0 Å². The topological polar surface area (TPSA) is 268 Å². The van der Waals surface area contributed by atoms with Crippen LogP contribution in [-0.2, 0) is 102 Å². The average molecular weight is 975 g/mol. The summed E-state index contributed by atoms with van der Waals surface area (Å²) in [6.45, 7) is 0. The van der Waals surface area contributed by atoms with E-state index in [4.69, 9.17) is 47.9 Å². The second-order valence-electron chi connectivity index (χ2n) is 15.4. The Labute approximate surface area is 390 Å². The lowest BCUT2D eigenvalue weighted by Crippen LogP contribution is -2.08. The lowest BCUT2D eigenvalue weighted by atomic mass is 10.8. The Morgan fingerprint density at radius 1 is 0.338 bits per heavy atom. The third-order valence-electron chi connectivity index (χ3n) is 11.6. The van der Waals surface area contributed by atoms with Gasteiger partial charge in [-0.1, -0.05) is 0 Å². The van der Waals surface area contributed by atoms with Crippen LogP contribution < -0.4 is 0 Å². The zero-order valence-electron chi connectivity index (χ0n) is 39.2. The molecule has 5 heterocycles. The number of nitrogens with one attached hydrogen (secondary N) is 2. The standard InChI is InChI=1S/C48H54N4O16/c1-61-41(53)13-9-25-29(17-45(57)65-5)37-22-35-27(11-15-43(55)63-3)30(18-46(58)66-6)38(51-35)23-36-28(12-16-44(56)64-4)32(20-48(60)68-8)40(52-36)24-39-31(19-47(59)67-7)26(10-14-42(54)62-2)34(50-39)21-33(25)49-37/h21-24,49-50H,9-20H2,1-8H3/i9+1,10+1,11+1,12+1,13+1,14+1,15+1,16+1,17+1,18+1,19+1,20+1,21+1,22+1,23+1,24+1,25+1,26+1,27+1,28+1,29+1,30+1,31+1,32+1,33+1,34+1,35+1,36+1,37+1,38+1,39+1,40+1. The monoisotopic (exact) mass is 974 g/mol. The van der Waals surface area contributed by atoms with Gasteiger partial charge in [0.2, 0.25) is 0 Å². The number of hydrogen-bond acceptors (Lipinski definition) is 18. The van der Waals surface area contributed by atoms with Gasteiger partial charge >= 0.3 is 47.8 Å². The van der Waals surface area contributed by atoms with E-state index < -0.39 is 47.8 Å². The van der Waals surface area contributed by atoms with Crippen molar-refractivity contribution in [2.24, 2.45) is 0 Å². The van der Waals surface area contributed by atoms with Crippen molar-refractivity contribution in [3.05, 3.63) is 69.3 Å². The number of methoxy groups -OCH3 is 8. The second kappa shape index (κ2) is 23.7. The molecule has 2 N–H and O–H groups in total. The van der Waals surface area contributed by atoms with Crippen molar-refractivity contribution in [2.45, 2.75) is 77.0 Å². The van der Waals surface area contributed by atoms with Crippen molar-refractivity contribution in [2.75, 3.05) is 56.9 Å². The van der Waals surface area contributed by atoms with Gasteiger partial charge in [-0.25, -0.2) is 9.97 Å². The molecule has 20 nitrogen and oxygen atoms in total. The van der Waals surface area contributed by atoms with Crippen LogP contribution in [0, 0.1) is 0 Å². The molecule has 8 bridgehead atoms. The number of esters is 8. The maximum atomic E-state index is 13.2. The van der Waals surface area contributed by atoms with Gasteiger partial charge < -0.3 is 47.9 Å². The highest BCUT2D eigenvalue weighted by atomic mass is 16.6. The number of allylic oxidation sites excluding steroid dienone is 2. The van der Waals surface area contributed by atoms with E-state index in [0.717, 1.165) is 0 Å². The normalized spacial score (nSPS) is 12.0. The summed E-state index contributed by atoms with van der Waals surface area (Å²) >= 11 is 0. The second-order valence-corrected chi connectivity index (χ2v) is 15.4. The Hall–Kier alpha value is -7.64. The van der Waals surface area contributed by atoms with Crippen LogP contribution in [0.1, 0.15) is 96.4 Å². The molecule has 0 spiro atoms. The Balaban J connectivity index is 2.11. The van der Waals surface area contributed by atoms with Gasteiger partial charge in [-0.2, -0.15) is 0 Å². The van der Waals surface area contributed by atoms with Crippen LogP contribution in [0.3, 0.4) is 0 Å². The van der Waals surface area contributed by atoms with E-state index in [1.54, 1.807) is 24.3 Å². The molecule has 0 saturated heterocycles. The maximum Gasteiger partial charge on any atom is 0.310 e. The van der Waals surface area contributed by atoms with E-state index in [-0.39, 0.29) is 99.8 Å². The highest BCUT2D eigenvalue weighted by molar-refractivity contribution is 6.03. The lowest BCUT2D eigenvalue weighted by Gasteiger charge is -2.09. The molecule has 0 saturated carbocycles. The zero-order valence-corrected chi connectivity index (χ0v) is 39.2. The lowest BCUT2D eigenvalue weighted by molar-refractivity contribution is -0.141. The maximum absolute atomic E-state index is 13.2. The van der Waals surface area contributed by atoms with Crippen LogP contribution in [0.4, 0.5) is 0 Å². The molecule has 2 aliphatic rings. The third kappa shape index (κ3) is 12.4. The van der Waals surface area contributed by atoms with Gasteiger partial charge in [-0.3, -0.25) is 38.4 Å². The molecule has 68 heavy (non-hydrogen) atoms. The number of carbonyl (C=O) groups excluding carboxylic acids is 8. The van der Waals surface area contributed by atoms with E-state index in [1.807, 2.05) is 0 Å². The summed E-state index contributed by atoms with van der Waals surface area (Å²) in [4.78, 5) is 120.